The van der Waals surface area contributed by atoms with Gasteiger partial charge in [0.05, 0.1) is 15.9 Å². The Morgan fingerprint density at radius 3 is 2.55 bits per heavy atom. The number of hydrogen-bond donors (Lipinski definition) is 3. The Balaban J connectivity index is 1.36. The fourth-order valence-corrected chi connectivity index (χ4v) is 4.98. The summed E-state index contributed by atoms with van der Waals surface area (Å²) >= 11 is 0. The van der Waals surface area contributed by atoms with Gasteiger partial charge in [-0.25, -0.2) is 23.5 Å². The lowest BCUT2D eigenvalue weighted by Crippen LogP contribution is -2.14. The molecule has 0 fully saturated rings. The van der Waals surface area contributed by atoms with Crippen LogP contribution in [0.2, 0.25) is 0 Å². The van der Waals surface area contributed by atoms with Crippen molar-refractivity contribution < 1.29 is 8.42 Å². The van der Waals surface area contributed by atoms with E-state index in [0.29, 0.717) is 29.6 Å². The Labute approximate surface area is 221 Å². The third-order valence-electron chi connectivity index (χ3n) is 6.28. The Bertz CT molecular complexity index is 1720. The average Bonchev–Trinajstić information content (AvgIpc) is 3.23. The van der Waals surface area contributed by atoms with Crippen LogP contribution in [-0.4, -0.2) is 35.0 Å². The summed E-state index contributed by atoms with van der Waals surface area (Å²) in [6.45, 7) is 2.37. The second-order valence-corrected chi connectivity index (χ2v) is 10.5. The molecule has 0 atom stereocenters. The van der Waals surface area contributed by atoms with E-state index in [-0.39, 0.29) is 4.90 Å². The van der Waals surface area contributed by atoms with Gasteiger partial charge in [-0.3, -0.25) is 0 Å². The van der Waals surface area contributed by atoms with Crippen molar-refractivity contribution in [3.8, 4) is 0 Å². The predicted octanol–water partition coefficient (Wildman–Crippen LogP) is 4.44. The number of benzene rings is 3. The molecule has 0 saturated carbocycles. The van der Waals surface area contributed by atoms with Gasteiger partial charge in [0.2, 0.25) is 21.9 Å². The number of aromatic nitrogens is 4. The highest BCUT2D eigenvalue weighted by Crippen LogP contribution is 2.28. The van der Waals surface area contributed by atoms with E-state index in [4.69, 9.17) is 10.1 Å². The zero-order chi connectivity index (χ0) is 26.9. The minimum absolute atomic E-state index is 0.0528. The summed E-state index contributed by atoms with van der Waals surface area (Å²) in [6, 6.07) is 22.9. The van der Waals surface area contributed by atoms with Gasteiger partial charge in [-0.15, -0.1) is 0 Å². The molecule has 0 saturated heterocycles. The lowest BCUT2D eigenvalue weighted by Gasteiger charge is -2.19. The highest BCUT2D eigenvalue weighted by molar-refractivity contribution is 7.89. The third-order valence-corrected chi connectivity index (χ3v) is 7.33. The maximum atomic E-state index is 11.9. The van der Waals surface area contributed by atoms with E-state index in [1.54, 1.807) is 31.3 Å². The summed E-state index contributed by atoms with van der Waals surface area (Å²) in [7, 11) is 0.0549. The quantitative estimate of drug-likeness (QED) is 0.269. The standard InChI is InChI=1S/C27H28N8O2S/c1-18-9-10-20(15-24(18)38(28,36)37)31-26-29-14-13-25(33-26)34(2)21-11-12-23-22(16-21)32-27(35(23)3)30-17-19-7-5-4-6-8-19/h4-16H,17H2,1-3H3,(H,30,32)(H2,28,36,37)(H,29,31,33). The van der Waals surface area contributed by atoms with Crippen molar-refractivity contribution in [1.82, 2.24) is 19.5 Å². The van der Waals surface area contributed by atoms with Gasteiger partial charge in [0.1, 0.15) is 5.82 Å². The number of rotatable bonds is 8. The maximum absolute atomic E-state index is 11.9. The van der Waals surface area contributed by atoms with Crippen LogP contribution >= 0.6 is 0 Å². The molecule has 3 aromatic carbocycles. The number of primary sulfonamides is 1. The SMILES string of the molecule is Cc1ccc(Nc2nccc(N(C)c3ccc4c(c3)nc(NCc3ccccc3)n4C)n2)cc1S(N)(=O)=O. The lowest BCUT2D eigenvalue weighted by molar-refractivity contribution is 0.597. The van der Waals surface area contributed by atoms with Gasteiger partial charge in [0.15, 0.2) is 0 Å². The fourth-order valence-electron chi connectivity index (χ4n) is 4.17. The van der Waals surface area contributed by atoms with E-state index < -0.39 is 10.0 Å². The molecule has 0 bridgehead atoms. The van der Waals surface area contributed by atoms with Crippen LogP contribution in [0.15, 0.2) is 83.9 Å². The Hall–Kier alpha value is -4.48. The molecule has 10 nitrogen and oxygen atoms in total. The smallest absolute Gasteiger partial charge is 0.238 e. The molecule has 2 aromatic heterocycles. The number of sulfonamides is 1. The van der Waals surface area contributed by atoms with Gasteiger partial charge in [-0.05, 0) is 54.4 Å². The maximum Gasteiger partial charge on any atom is 0.238 e. The monoisotopic (exact) mass is 528 g/mol. The van der Waals surface area contributed by atoms with Gasteiger partial charge < -0.3 is 20.1 Å². The normalized spacial score (nSPS) is 11.5. The summed E-state index contributed by atoms with van der Waals surface area (Å²) in [5.74, 6) is 1.76. The predicted molar refractivity (Wildman–Crippen MR) is 150 cm³/mol. The molecule has 11 heteroatoms. The van der Waals surface area contributed by atoms with Gasteiger partial charge in [-0.2, -0.15) is 4.98 Å². The molecule has 0 spiro atoms. The highest BCUT2D eigenvalue weighted by atomic mass is 32.2. The van der Waals surface area contributed by atoms with Crippen LogP contribution in [0, 0.1) is 6.92 Å². The van der Waals surface area contributed by atoms with E-state index in [1.807, 2.05) is 60.0 Å². The average molecular weight is 529 g/mol. The largest absolute Gasteiger partial charge is 0.352 e. The summed E-state index contributed by atoms with van der Waals surface area (Å²) < 4.78 is 25.8. The van der Waals surface area contributed by atoms with Crippen LogP contribution in [-0.2, 0) is 23.6 Å². The minimum atomic E-state index is -3.84. The minimum Gasteiger partial charge on any atom is -0.352 e. The van der Waals surface area contributed by atoms with Crippen LogP contribution in [0.3, 0.4) is 0 Å². The molecule has 0 aliphatic rings. The van der Waals surface area contributed by atoms with Crippen LogP contribution in [0.1, 0.15) is 11.1 Å². The molecule has 5 aromatic rings. The second-order valence-electron chi connectivity index (χ2n) is 8.95. The number of nitrogens with zero attached hydrogens (tertiary/aromatic N) is 5. The van der Waals surface area contributed by atoms with Crippen molar-refractivity contribution in [2.75, 3.05) is 22.6 Å². The van der Waals surface area contributed by atoms with Gasteiger partial charge in [0.25, 0.3) is 0 Å². The number of hydrogen-bond acceptors (Lipinski definition) is 8. The van der Waals surface area contributed by atoms with Crippen molar-refractivity contribution in [3.63, 3.8) is 0 Å². The number of aryl methyl sites for hydroxylation is 2. The molecule has 194 valence electrons. The van der Waals surface area contributed by atoms with Gasteiger partial charge in [0, 0.05) is 38.2 Å². The Morgan fingerprint density at radius 2 is 1.79 bits per heavy atom. The van der Waals surface area contributed by atoms with Crippen LogP contribution in [0.4, 0.5) is 29.1 Å². The number of fused-ring (bicyclic) bond motifs is 1. The summed E-state index contributed by atoms with van der Waals surface area (Å²) in [4.78, 5) is 15.7. The summed E-state index contributed by atoms with van der Waals surface area (Å²) in [5.41, 5.74) is 5.03. The number of imidazole rings is 1. The summed E-state index contributed by atoms with van der Waals surface area (Å²) in [6.07, 6.45) is 1.64. The van der Waals surface area contributed by atoms with Crippen molar-refractivity contribution in [2.24, 2.45) is 12.2 Å². The van der Waals surface area contributed by atoms with E-state index in [1.165, 1.54) is 11.6 Å². The first kappa shape index (κ1) is 25.2. The Kier molecular flexibility index (Phi) is 6.70. The third kappa shape index (κ3) is 5.29. The number of nitrogens with one attached hydrogen (secondary N) is 2. The van der Waals surface area contributed by atoms with Crippen molar-refractivity contribution in [3.05, 3.63) is 90.1 Å². The van der Waals surface area contributed by atoms with Crippen molar-refractivity contribution in [1.29, 1.82) is 0 Å². The summed E-state index contributed by atoms with van der Waals surface area (Å²) in [5, 5.41) is 11.8. The van der Waals surface area contributed by atoms with Crippen molar-refractivity contribution >= 4 is 50.1 Å². The lowest BCUT2D eigenvalue weighted by atomic mass is 10.2. The van der Waals surface area contributed by atoms with E-state index in [0.717, 1.165) is 22.7 Å². The number of anilines is 5. The molecule has 4 N–H and O–H groups in total. The topological polar surface area (TPSA) is 131 Å². The molecule has 5 rings (SSSR count). The molecule has 2 heterocycles. The molecule has 0 aliphatic heterocycles. The van der Waals surface area contributed by atoms with Crippen LogP contribution in [0.25, 0.3) is 11.0 Å². The molecule has 0 unspecified atom stereocenters. The van der Waals surface area contributed by atoms with Crippen molar-refractivity contribution in [2.45, 2.75) is 18.4 Å². The van der Waals surface area contributed by atoms with Gasteiger partial charge >= 0.3 is 0 Å². The molecule has 0 aliphatic carbocycles. The van der Waals surface area contributed by atoms with E-state index >= 15 is 0 Å². The zero-order valence-electron chi connectivity index (χ0n) is 21.3. The first-order chi connectivity index (χ1) is 18.2. The molecule has 38 heavy (non-hydrogen) atoms. The molecule has 0 amide bonds. The number of nitrogens with two attached hydrogens (primary N) is 1. The van der Waals surface area contributed by atoms with E-state index in [9.17, 15) is 8.42 Å². The molecular formula is C27H28N8O2S. The second kappa shape index (κ2) is 10.1. The zero-order valence-corrected chi connectivity index (χ0v) is 22.1. The Morgan fingerprint density at radius 1 is 1.00 bits per heavy atom. The highest BCUT2D eigenvalue weighted by Gasteiger charge is 2.14. The van der Waals surface area contributed by atoms with Crippen LogP contribution < -0.4 is 20.7 Å². The first-order valence-corrected chi connectivity index (χ1v) is 13.5. The van der Waals surface area contributed by atoms with E-state index in [2.05, 4.69) is 32.7 Å². The van der Waals surface area contributed by atoms with Crippen LogP contribution in [0.5, 0.6) is 0 Å². The fraction of sp³-hybridized carbons (Fsp3) is 0.148. The molecular weight excluding hydrogens is 500 g/mol. The van der Waals surface area contributed by atoms with Gasteiger partial charge in [-0.1, -0.05) is 36.4 Å². The molecule has 0 radical (unpaired) electrons. The first-order valence-electron chi connectivity index (χ1n) is 11.9.